The standard InChI is InChI=1S/C11H16N4O2S/c1-18(16,17)10-4-2-5-12-9(10)8-15-11-13-6-3-7-14-11/h2,4-5H,3,6-8H2,1H3,(H2,13,14,15). The average molecular weight is 268 g/mol. The van der Waals surface area contributed by atoms with Gasteiger partial charge in [-0.05, 0) is 18.6 Å². The summed E-state index contributed by atoms with van der Waals surface area (Å²) >= 11 is 0. The highest BCUT2D eigenvalue weighted by atomic mass is 32.2. The van der Waals surface area contributed by atoms with Crippen LogP contribution in [0.1, 0.15) is 12.1 Å². The second-order valence-corrected chi connectivity index (χ2v) is 6.07. The maximum atomic E-state index is 11.6. The van der Waals surface area contributed by atoms with Crippen molar-refractivity contribution in [3.63, 3.8) is 0 Å². The Hall–Kier alpha value is -1.63. The van der Waals surface area contributed by atoms with Crippen LogP contribution in [0.5, 0.6) is 0 Å². The van der Waals surface area contributed by atoms with Crippen LogP contribution >= 0.6 is 0 Å². The van der Waals surface area contributed by atoms with Gasteiger partial charge in [-0.25, -0.2) is 8.42 Å². The first-order chi connectivity index (χ1) is 8.57. The molecule has 98 valence electrons. The number of aromatic nitrogens is 1. The molecule has 0 radical (unpaired) electrons. The summed E-state index contributed by atoms with van der Waals surface area (Å²) in [6.45, 7) is 2.01. The first-order valence-corrected chi connectivity index (χ1v) is 7.62. The minimum absolute atomic E-state index is 0.258. The van der Waals surface area contributed by atoms with E-state index in [-0.39, 0.29) is 4.90 Å². The van der Waals surface area contributed by atoms with Crippen molar-refractivity contribution in [2.75, 3.05) is 19.3 Å². The Labute approximate surface area is 106 Å². The zero-order valence-electron chi connectivity index (χ0n) is 10.2. The van der Waals surface area contributed by atoms with Crippen molar-refractivity contribution in [2.24, 2.45) is 4.99 Å². The smallest absolute Gasteiger partial charge is 0.191 e. The summed E-state index contributed by atoms with van der Waals surface area (Å²) in [5, 5.41) is 6.17. The molecule has 7 heteroatoms. The summed E-state index contributed by atoms with van der Waals surface area (Å²) in [5.41, 5.74) is 0.509. The van der Waals surface area contributed by atoms with Crippen molar-refractivity contribution in [2.45, 2.75) is 17.9 Å². The number of nitrogens with one attached hydrogen (secondary N) is 2. The van der Waals surface area contributed by atoms with Crippen LogP contribution in [0.15, 0.2) is 28.2 Å². The third kappa shape index (κ3) is 3.19. The highest BCUT2D eigenvalue weighted by molar-refractivity contribution is 7.90. The second-order valence-electron chi connectivity index (χ2n) is 4.08. The fourth-order valence-electron chi connectivity index (χ4n) is 1.71. The van der Waals surface area contributed by atoms with E-state index in [1.54, 1.807) is 18.3 Å². The van der Waals surface area contributed by atoms with Gasteiger partial charge in [-0.15, -0.1) is 0 Å². The van der Waals surface area contributed by atoms with E-state index in [0.29, 0.717) is 18.2 Å². The van der Waals surface area contributed by atoms with Gasteiger partial charge in [-0.3, -0.25) is 9.98 Å². The van der Waals surface area contributed by atoms with E-state index in [2.05, 4.69) is 20.6 Å². The molecule has 6 nitrogen and oxygen atoms in total. The normalized spacial score (nSPS) is 15.7. The minimum Gasteiger partial charge on any atom is -0.356 e. The lowest BCUT2D eigenvalue weighted by molar-refractivity contribution is 0.599. The van der Waals surface area contributed by atoms with E-state index in [9.17, 15) is 8.42 Å². The van der Waals surface area contributed by atoms with Crippen molar-refractivity contribution in [1.82, 2.24) is 15.6 Å². The summed E-state index contributed by atoms with van der Waals surface area (Å²) in [6.07, 6.45) is 3.79. The maximum absolute atomic E-state index is 11.6. The third-order valence-electron chi connectivity index (χ3n) is 2.57. The van der Waals surface area contributed by atoms with Gasteiger partial charge in [0, 0.05) is 25.5 Å². The number of rotatable bonds is 3. The monoisotopic (exact) mass is 268 g/mol. The van der Waals surface area contributed by atoms with Gasteiger partial charge in [0.25, 0.3) is 0 Å². The van der Waals surface area contributed by atoms with Gasteiger partial charge in [0.2, 0.25) is 0 Å². The molecule has 0 aliphatic carbocycles. The van der Waals surface area contributed by atoms with Crippen LogP contribution in [0.4, 0.5) is 0 Å². The quantitative estimate of drug-likeness (QED) is 0.801. The number of hydrogen-bond donors (Lipinski definition) is 2. The fourth-order valence-corrected chi connectivity index (χ4v) is 2.59. The Kier molecular flexibility index (Phi) is 3.81. The molecule has 1 aliphatic rings. The molecule has 18 heavy (non-hydrogen) atoms. The van der Waals surface area contributed by atoms with E-state index in [1.807, 2.05) is 0 Å². The molecule has 0 fully saturated rings. The average Bonchev–Trinajstić information content (AvgIpc) is 2.37. The molecule has 1 aromatic heterocycles. The van der Waals surface area contributed by atoms with Crippen LogP contribution < -0.4 is 10.6 Å². The Bertz CT molecular complexity index is 554. The Morgan fingerprint density at radius 2 is 2.33 bits per heavy atom. The number of guanidine groups is 1. The molecule has 0 amide bonds. The van der Waals surface area contributed by atoms with Crippen LogP contribution in [-0.4, -0.2) is 38.7 Å². The predicted octanol–water partition coefficient (Wildman–Crippen LogP) is -0.0760. The lowest BCUT2D eigenvalue weighted by atomic mass is 10.3. The first-order valence-electron chi connectivity index (χ1n) is 5.73. The molecule has 1 aliphatic heterocycles. The van der Waals surface area contributed by atoms with Crippen molar-refractivity contribution in [1.29, 1.82) is 0 Å². The molecule has 0 bridgehead atoms. The van der Waals surface area contributed by atoms with E-state index in [0.717, 1.165) is 19.5 Å². The van der Waals surface area contributed by atoms with Crippen LogP contribution in [0, 0.1) is 0 Å². The SMILES string of the molecule is CS(=O)(=O)c1cccnc1CNC1=NCCCN1. The molecule has 0 aromatic carbocycles. The Balaban J connectivity index is 2.12. The van der Waals surface area contributed by atoms with Gasteiger partial charge >= 0.3 is 0 Å². The van der Waals surface area contributed by atoms with Crippen molar-refractivity contribution in [3.8, 4) is 0 Å². The largest absolute Gasteiger partial charge is 0.356 e. The number of sulfone groups is 1. The van der Waals surface area contributed by atoms with Crippen molar-refractivity contribution < 1.29 is 8.42 Å². The summed E-state index contributed by atoms with van der Waals surface area (Å²) in [7, 11) is -3.25. The van der Waals surface area contributed by atoms with Gasteiger partial charge in [-0.2, -0.15) is 0 Å². The molecule has 2 heterocycles. The van der Waals surface area contributed by atoms with Gasteiger partial charge in [0.05, 0.1) is 17.1 Å². The number of pyridine rings is 1. The van der Waals surface area contributed by atoms with E-state index in [1.165, 1.54) is 6.26 Å². The molecule has 1 aromatic rings. The number of hydrogen-bond acceptors (Lipinski definition) is 6. The van der Waals surface area contributed by atoms with Gasteiger partial charge in [0.1, 0.15) is 0 Å². The van der Waals surface area contributed by atoms with E-state index >= 15 is 0 Å². The maximum Gasteiger partial charge on any atom is 0.191 e. The van der Waals surface area contributed by atoms with E-state index < -0.39 is 9.84 Å². The van der Waals surface area contributed by atoms with Crippen LogP contribution in [0.25, 0.3) is 0 Å². The van der Waals surface area contributed by atoms with Crippen LogP contribution in [0.3, 0.4) is 0 Å². The second kappa shape index (κ2) is 5.34. The lowest BCUT2D eigenvalue weighted by Crippen LogP contribution is -2.40. The van der Waals surface area contributed by atoms with Gasteiger partial charge in [0.15, 0.2) is 15.8 Å². The highest BCUT2D eigenvalue weighted by Crippen LogP contribution is 2.12. The zero-order valence-corrected chi connectivity index (χ0v) is 11.0. The summed E-state index contributed by atoms with van der Waals surface area (Å²) in [6, 6.07) is 3.19. The molecular weight excluding hydrogens is 252 g/mol. The molecule has 0 unspecified atom stereocenters. The molecule has 0 spiro atoms. The molecule has 2 N–H and O–H groups in total. The van der Waals surface area contributed by atoms with Gasteiger partial charge in [-0.1, -0.05) is 0 Å². The summed E-state index contributed by atoms with van der Waals surface area (Å²) in [5.74, 6) is 0.700. The summed E-state index contributed by atoms with van der Waals surface area (Å²) in [4.78, 5) is 8.62. The topological polar surface area (TPSA) is 83.5 Å². The number of aliphatic imine (C=N–C) groups is 1. The predicted molar refractivity (Wildman–Crippen MR) is 69.1 cm³/mol. The van der Waals surface area contributed by atoms with Crippen LogP contribution in [-0.2, 0) is 16.4 Å². The molecule has 0 atom stereocenters. The minimum atomic E-state index is -3.25. The molecular formula is C11H16N4O2S. The zero-order chi connectivity index (χ0) is 13.0. The molecule has 0 saturated heterocycles. The Morgan fingerprint density at radius 1 is 1.50 bits per heavy atom. The van der Waals surface area contributed by atoms with Crippen molar-refractivity contribution >= 4 is 15.8 Å². The Morgan fingerprint density at radius 3 is 3.00 bits per heavy atom. The number of nitrogens with zero attached hydrogens (tertiary/aromatic N) is 2. The summed E-state index contributed by atoms with van der Waals surface area (Å²) < 4.78 is 23.2. The van der Waals surface area contributed by atoms with Gasteiger partial charge < -0.3 is 10.6 Å². The lowest BCUT2D eigenvalue weighted by Gasteiger charge is -2.16. The highest BCUT2D eigenvalue weighted by Gasteiger charge is 2.14. The van der Waals surface area contributed by atoms with Crippen LogP contribution in [0.2, 0.25) is 0 Å². The first kappa shape index (κ1) is 12.8. The fraction of sp³-hybridized carbons (Fsp3) is 0.455. The van der Waals surface area contributed by atoms with E-state index in [4.69, 9.17) is 0 Å². The van der Waals surface area contributed by atoms with Crippen molar-refractivity contribution in [3.05, 3.63) is 24.0 Å². The molecule has 2 rings (SSSR count). The molecule has 0 saturated carbocycles. The third-order valence-corrected chi connectivity index (χ3v) is 3.74.